The Morgan fingerprint density at radius 2 is 2.33 bits per heavy atom. The molecule has 0 aliphatic carbocycles. The summed E-state index contributed by atoms with van der Waals surface area (Å²) in [4.78, 5) is 11.2. The fourth-order valence-electron chi connectivity index (χ4n) is 1.54. The predicted molar refractivity (Wildman–Crippen MR) is 61.4 cm³/mol. The van der Waals surface area contributed by atoms with Crippen molar-refractivity contribution < 1.29 is 23.0 Å². The molecule has 1 fully saturated rings. The molecule has 1 amide bonds. The van der Waals surface area contributed by atoms with E-state index in [4.69, 9.17) is 15.2 Å². The summed E-state index contributed by atoms with van der Waals surface area (Å²) in [6.07, 6.45) is 2.17. The van der Waals surface area contributed by atoms with Gasteiger partial charge < -0.3 is 20.5 Å². The lowest BCUT2D eigenvalue weighted by molar-refractivity contribution is -0.124. The molecule has 0 saturated carbocycles. The van der Waals surface area contributed by atoms with Crippen molar-refractivity contribution in [1.29, 1.82) is 0 Å². The minimum Gasteiger partial charge on any atom is -0.378 e. The molecule has 0 bridgehead atoms. The number of rotatable bonds is 8. The molecule has 0 radical (unpaired) electrons. The van der Waals surface area contributed by atoms with E-state index in [2.05, 4.69) is 5.32 Å². The van der Waals surface area contributed by atoms with Crippen molar-refractivity contribution in [2.24, 2.45) is 5.73 Å². The number of carbonyl (C=O) groups is 1. The molecule has 0 aromatic carbocycles. The molecule has 1 saturated heterocycles. The Bertz CT molecular complexity index is 259. The molecule has 3 N–H and O–H groups in total. The number of carbonyl (C=O) groups excluding carboxylic acids is 1. The van der Waals surface area contributed by atoms with Crippen LogP contribution in [0, 0.1) is 0 Å². The van der Waals surface area contributed by atoms with E-state index in [-0.39, 0.29) is 19.1 Å². The number of ether oxygens (including phenoxy) is 2. The van der Waals surface area contributed by atoms with Crippen molar-refractivity contribution in [3.63, 3.8) is 0 Å². The average molecular weight is 266 g/mol. The summed E-state index contributed by atoms with van der Waals surface area (Å²) in [7, 11) is 0. The van der Waals surface area contributed by atoms with Crippen LogP contribution in [0.1, 0.15) is 19.3 Å². The zero-order chi connectivity index (χ0) is 13.4. The van der Waals surface area contributed by atoms with Gasteiger partial charge in [-0.2, -0.15) is 0 Å². The highest BCUT2D eigenvalue weighted by Gasteiger charge is 2.26. The number of nitrogens with one attached hydrogen (secondary N) is 1. The molecule has 18 heavy (non-hydrogen) atoms. The smallest absolute Gasteiger partial charge is 0.277 e. The lowest BCUT2D eigenvalue weighted by Crippen LogP contribution is -2.41. The van der Waals surface area contributed by atoms with Crippen molar-refractivity contribution in [1.82, 2.24) is 5.32 Å². The van der Waals surface area contributed by atoms with Gasteiger partial charge in [0.1, 0.15) is 0 Å². The maximum absolute atomic E-state index is 12.7. The molecule has 1 aliphatic rings. The first-order valence-electron chi connectivity index (χ1n) is 6.07. The Morgan fingerprint density at radius 3 is 2.94 bits per heavy atom. The predicted octanol–water partition coefficient (Wildman–Crippen LogP) is 0.282. The van der Waals surface area contributed by atoms with E-state index in [1.807, 2.05) is 0 Å². The fraction of sp³-hybridized carbons (Fsp3) is 0.909. The van der Waals surface area contributed by atoms with Crippen LogP contribution in [0.25, 0.3) is 0 Å². The highest BCUT2D eigenvalue weighted by Crippen LogP contribution is 2.12. The molecule has 0 spiro atoms. The van der Waals surface area contributed by atoms with Crippen molar-refractivity contribution in [2.75, 3.05) is 32.9 Å². The van der Waals surface area contributed by atoms with Gasteiger partial charge in [-0.05, 0) is 12.8 Å². The Labute approximate surface area is 105 Å². The summed E-state index contributed by atoms with van der Waals surface area (Å²) < 4.78 is 36.0. The van der Waals surface area contributed by atoms with Crippen LogP contribution in [-0.4, -0.2) is 50.8 Å². The third-order valence-electron chi connectivity index (χ3n) is 2.64. The first kappa shape index (κ1) is 15.3. The SMILES string of the molecule is NCC(F)(F)CNC(=O)CCOCC1CCCO1. The topological polar surface area (TPSA) is 73.6 Å². The average Bonchev–Trinajstić information content (AvgIpc) is 2.85. The normalized spacial score (nSPS) is 20.1. The summed E-state index contributed by atoms with van der Waals surface area (Å²) in [6.45, 7) is -0.0916. The van der Waals surface area contributed by atoms with Gasteiger partial charge in [-0.3, -0.25) is 4.79 Å². The molecule has 106 valence electrons. The summed E-state index contributed by atoms with van der Waals surface area (Å²) in [5.41, 5.74) is 4.84. The molecule has 1 aliphatic heterocycles. The largest absolute Gasteiger partial charge is 0.378 e. The van der Waals surface area contributed by atoms with Gasteiger partial charge in [0.25, 0.3) is 5.92 Å². The summed E-state index contributed by atoms with van der Waals surface area (Å²) in [5.74, 6) is -3.51. The number of hydrogen-bond acceptors (Lipinski definition) is 4. The van der Waals surface area contributed by atoms with Crippen LogP contribution in [0.2, 0.25) is 0 Å². The Hall–Kier alpha value is -0.790. The van der Waals surface area contributed by atoms with E-state index in [0.717, 1.165) is 19.4 Å². The summed E-state index contributed by atoms with van der Waals surface area (Å²) in [5, 5.41) is 2.12. The van der Waals surface area contributed by atoms with Crippen LogP contribution in [0.4, 0.5) is 8.78 Å². The summed E-state index contributed by atoms with van der Waals surface area (Å²) >= 11 is 0. The van der Waals surface area contributed by atoms with Gasteiger partial charge in [0.2, 0.25) is 5.91 Å². The minimum absolute atomic E-state index is 0.0629. The number of hydrogen-bond donors (Lipinski definition) is 2. The number of alkyl halides is 2. The van der Waals surface area contributed by atoms with Crippen LogP contribution >= 0.6 is 0 Å². The molecule has 1 rings (SSSR count). The standard InChI is InChI=1S/C11H20F2N2O3/c12-11(13,7-14)8-15-10(16)3-5-17-6-9-2-1-4-18-9/h9H,1-8,14H2,(H,15,16). The summed E-state index contributed by atoms with van der Waals surface area (Å²) in [6, 6.07) is 0. The maximum atomic E-state index is 12.7. The van der Waals surface area contributed by atoms with Crippen molar-refractivity contribution in [2.45, 2.75) is 31.3 Å². The van der Waals surface area contributed by atoms with Gasteiger partial charge in [0.15, 0.2) is 0 Å². The van der Waals surface area contributed by atoms with E-state index in [0.29, 0.717) is 6.61 Å². The van der Waals surface area contributed by atoms with Gasteiger partial charge in [-0.25, -0.2) is 8.78 Å². The Morgan fingerprint density at radius 1 is 1.56 bits per heavy atom. The molecule has 1 heterocycles. The highest BCUT2D eigenvalue weighted by molar-refractivity contribution is 5.76. The molecule has 1 atom stereocenters. The second-order valence-electron chi connectivity index (χ2n) is 4.30. The third-order valence-corrected chi connectivity index (χ3v) is 2.64. The van der Waals surface area contributed by atoms with Gasteiger partial charge >= 0.3 is 0 Å². The van der Waals surface area contributed by atoms with Crippen molar-refractivity contribution in [3.8, 4) is 0 Å². The molecule has 0 aromatic heterocycles. The van der Waals surface area contributed by atoms with E-state index in [1.54, 1.807) is 0 Å². The van der Waals surface area contributed by atoms with Gasteiger partial charge in [0, 0.05) is 13.0 Å². The quantitative estimate of drug-likeness (QED) is 0.619. The van der Waals surface area contributed by atoms with Crippen LogP contribution in [0.15, 0.2) is 0 Å². The second kappa shape index (κ2) is 7.60. The lowest BCUT2D eigenvalue weighted by Gasteiger charge is -2.14. The minimum atomic E-state index is -3.05. The Kier molecular flexibility index (Phi) is 6.45. The maximum Gasteiger partial charge on any atom is 0.277 e. The Balaban J connectivity index is 1.99. The molecule has 1 unspecified atom stereocenters. The van der Waals surface area contributed by atoms with Crippen LogP contribution in [0.3, 0.4) is 0 Å². The zero-order valence-electron chi connectivity index (χ0n) is 10.3. The number of amides is 1. The van der Waals surface area contributed by atoms with Crippen LogP contribution in [0.5, 0.6) is 0 Å². The number of nitrogens with two attached hydrogens (primary N) is 1. The van der Waals surface area contributed by atoms with Gasteiger partial charge in [-0.15, -0.1) is 0 Å². The van der Waals surface area contributed by atoms with Crippen LogP contribution < -0.4 is 11.1 Å². The number of halogens is 2. The van der Waals surface area contributed by atoms with Crippen LogP contribution in [-0.2, 0) is 14.3 Å². The van der Waals surface area contributed by atoms with Gasteiger partial charge in [0.05, 0.1) is 32.4 Å². The molecule has 5 nitrogen and oxygen atoms in total. The second-order valence-corrected chi connectivity index (χ2v) is 4.30. The molecular formula is C11H20F2N2O3. The zero-order valence-corrected chi connectivity index (χ0v) is 10.3. The highest BCUT2D eigenvalue weighted by atomic mass is 19.3. The first-order valence-corrected chi connectivity index (χ1v) is 6.07. The van der Waals surface area contributed by atoms with E-state index < -0.39 is 24.9 Å². The van der Waals surface area contributed by atoms with E-state index in [9.17, 15) is 13.6 Å². The van der Waals surface area contributed by atoms with Crippen molar-refractivity contribution >= 4 is 5.91 Å². The molecule has 0 aromatic rings. The fourth-order valence-corrected chi connectivity index (χ4v) is 1.54. The van der Waals surface area contributed by atoms with E-state index in [1.165, 1.54) is 0 Å². The van der Waals surface area contributed by atoms with Crippen molar-refractivity contribution in [3.05, 3.63) is 0 Å². The van der Waals surface area contributed by atoms with Gasteiger partial charge in [-0.1, -0.05) is 0 Å². The molecular weight excluding hydrogens is 246 g/mol. The van der Waals surface area contributed by atoms with E-state index >= 15 is 0 Å². The lowest BCUT2D eigenvalue weighted by atomic mass is 10.2. The first-order chi connectivity index (χ1) is 8.53. The molecule has 7 heteroatoms. The third kappa shape index (κ3) is 6.23. The monoisotopic (exact) mass is 266 g/mol.